The Morgan fingerprint density at radius 2 is 2.11 bits per heavy atom. The van der Waals surface area contributed by atoms with Crippen molar-refractivity contribution in [2.24, 2.45) is 0 Å². The molecule has 0 saturated heterocycles. The number of aromatic nitrogens is 2. The van der Waals surface area contributed by atoms with Crippen LogP contribution in [0.25, 0.3) is 0 Å². The van der Waals surface area contributed by atoms with E-state index in [2.05, 4.69) is 15.3 Å². The molecule has 0 radical (unpaired) electrons. The highest BCUT2D eigenvalue weighted by atomic mass is 35.5. The number of nitrogen functional groups attached to an aromatic ring is 1. The number of hydrogen-bond donors (Lipinski definition) is 2. The molecule has 1 aromatic heterocycles. The van der Waals surface area contributed by atoms with Crippen LogP contribution in [0, 0.1) is 0 Å². The Balaban J connectivity index is 2.15. The van der Waals surface area contributed by atoms with Crippen LogP contribution in [0.3, 0.4) is 0 Å². The molecule has 1 aliphatic heterocycles. The van der Waals surface area contributed by atoms with E-state index < -0.39 is 0 Å². The largest absolute Gasteiger partial charge is 0.393 e. The van der Waals surface area contributed by atoms with Gasteiger partial charge in [-0.1, -0.05) is 23.7 Å². The second-order valence-corrected chi connectivity index (χ2v) is 4.41. The highest BCUT2D eigenvalue weighted by Gasteiger charge is 2.25. The molecule has 0 bridgehead atoms. The molecule has 6 nitrogen and oxygen atoms in total. The van der Waals surface area contributed by atoms with Crippen LogP contribution >= 0.6 is 11.6 Å². The summed E-state index contributed by atoms with van der Waals surface area (Å²) in [6, 6.07) is 7.42. The van der Waals surface area contributed by atoms with Gasteiger partial charge in [0.2, 0.25) is 5.91 Å². The summed E-state index contributed by atoms with van der Waals surface area (Å²) in [5, 5.41) is 2.97. The predicted molar refractivity (Wildman–Crippen MR) is 73.5 cm³/mol. The molecule has 2 aromatic rings. The predicted octanol–water partition coefficient (Wildman–Crippen LogP) is 1.80. The minimum Gasteiger partial charge on any atom is -0.393 e. The molecule has 3 N–H and O–H groups in total. The van der Waals surface area contributed by atoms with Crippen molar-refractivity contribution in [2.45, 2.75) is 0 Å². The fraction of sp³-hybridized carbons (Fsp3) is 0.0833. The number of anilines is 4. The molecule has 0 fully saturated rings. The molecule has 1 aromatic carbocycles. The van der Waals surface area contributed by atoms with Crippen LogP contribution in [0.5, 0.6) is 0 Å². The number of hydrogen-bond acceptors (Lipinski definition) is 5. The number of nitrogens with zero attached hydrogens (tertiary/aromatic N) is 3. The van der Waals surface area contributed by atoms with E-state index in [1.165, 1.54) is 6.33 Å². The number of amides is 1. The summed E-state index contributed by atoms with van der Waals surface area (Å²) in [6.45, 7) is 0.133. The Labute approximate surface area is 114 Å². The lowest BCUT2D eigenvalue weighted by molar-refractivity contribution is -0.115. The lowest BCUT2D eigenvalue weighted by Crippen LogP contribution is -2.35. The molecular weight excluding hydrogens is 266 g/mol. The van der Waals surface area contributed by atoms with Crippen molar-refractivity contribution in [2.75, 3.05) is 22.5 Å². The number of nitrogens with one attached hydrogen (secondary N) is 1. The number of benzene rings is 1. The summed E-state index contributed by atoms with van der Waals surface area (Å²) in [6.07, 6.45) is 1.32. The van der Waals surface area contributed by atoms with Gasteiger partial charge in [0.25, 0.3) is 0 Å². The number of fused-ring (bicyclic) bond motifs is 1. The normalized spacial score (nSPS) is 13.9. The minimum atomic E-state index is -0.132. The number of rotatable bonds is 1. The molecule has 0 spiro atoms. The summed E-state index contributed by atoms with van der Waals surface area (Å²) in [4.78, 5) is 21.4. The van der Waals surface area contributed by atoms with Crippen molar-refractivity contribution in [1.82, 2.24) is 9.97 Å². The molecule has 0 atom stereocenters. The summed E-state index contributed by atoms with van der Waals surface area (Å²) < 4.78 is 0. The Morgan fingerprint density at radius 3 is 2.95 bits per heavy atom. The second kappa shape index (κ2) is 4.40. The van der Waals surface area contributed by atoms with Gasteiger partial charge in [0.05, 0.1) is 11.4 Å². The Morgan fingerprint density at radius 1 is 1.32 bits per heavy atom. The first-order valence-corrected chi connectivity index (χ1v) is 5.97. The van der Waals surface area contributed by atoms with Crippen LogP contribution in [0.15, 0.2) is 30.6 Å². The van der Waals surface area contributed by atoms with E-state index in [1.54, 1.807) is 4.90 Å². The first-order valence-electron chi connectivity index (χ1n) is 5.59. The van der Waals surface area contributed by atoms with Gasteiger partial charge in [-0.3, -0.25) is 4.79 Å². The summed E-state index contributed by atoms with van der Waals surface area (Å²) >= 11 is 5.89. The number of nitrogens with two attached hydrogens (primary N) is 1. The van der Waals surface area contributed by atoms with Crippen molar-refractivity contribution >= 4 is 40.4 Å². The van der Waals surface area contributed by atoms with Gasteiger partial charge in [0, 0.05) is 0 Å². The summed E-state index contributed by atoms with van der Waals surface area (Å²) in [5.74, 6) is 0.301. The molecule has 2 heterocycles. The third-order valence-electron chi connectivity index (χ3n) is 2.84. The number of para-hydroxylation sites is 2. The number of halogens is 1. The van der Waals surface area contributed by atoms with Crippen molar-refractivity contribution in [3.63, 3.8) is 0 Å². The zero-order valence-corrected chi connectivity index (χ0v) is 10.6. The molecule has 96 valence electrons. The van der Waals surface area contributed by atoms with Gasteiger partial charge >= 0.3 is 0 Å². The summed E-state index contributed by atoms with van der Waals surface area (Å²) in [5.41, 5.74) is 7.68. The first kappa shape index (κ1) is 11.7. The SMILES string of the molecule is Nc1c(Cl)ncnc1N1CC(=O)Nc2ccccc21. The maximum absolute atomic E-state index is 11.7. The van der Waals surface area contributed by atoms with Gasteiger partial charge in [0.15, 0.2) is 11.0 Å². The molecule has 19 heavy (non-hydrogen) atoms. The molecule has 0 aliphatic carbocycles. The van der Waals surface area contributed by atoms with Gasteiger partial charge in [-0.25, -0.2) is 9.97 Å². The lowest BCUT2D eigenvalue weighted by atomic mass is 10.2. The van der Waals surface area contributed by atoms with E-state index in [0.717, 1.165) is 5.69 Å². The summed E-state index contributed by atoms with van der Waals surface area (Å²) in [7, 11) is 0. The average molecular weight is 276 g/mol. The third kappa shape index (κ3) is 1.96. The van der Waals surface area contributed by atoms with Crippen LogP contribution in [0.4, 0.5) is 22.9 Å². The van der Waals surface area contributed by atoms with Gasteiger partial charge in [-0.05, 0) is 12.1 Å². The molecule has 3 rings (SSSR count). The van der Waals surface area contributed by atoms with Crippen LogP contribution in [-0.4, -0.2) is 22.4 Å². The lowest BCUT2D eigenvalue weighted by Gasteiger charge is -2.30. The van der Waals surface area contributed by atoms with Crippen molar-refractivity contribution in [1.29, 1.82) is 0 Å². The molecule has 0 unspecified atom stereocenters. The zero-order valence-electron chi connectivity index (χ0n) is 9.80. The van der Waals surface area contributed by atoms with Crippen molar-refractivity contribution in [3.05, 3.63) is 35.7 Å². The van der Waals surface area contributed by atoms with E-state index in [-0.39, 0.29) is 23.3 Å². The highest BCUT2D eigenvalue weighted by molar-refractivity contribution is 6.32. The number of carbonyl (C=O) groups excluding carboxylic acids is 1. The second-order valence-electron chi connectivity index (χ2n) is 4.05. The van der Waals surface area contributed by atoms with E-state index in [9.17, 15) is 4.79 Å². The third-order valence-corrected chi connectivity index (χ3v) is 3.14. The maximum atomic E-state index is 11.7. The molecule has 0 saturated carbocycles. The van der Waals surface area contributed by atoms with Crippen LogP contribution in [0.2, 0.25) is 5.15 Å². The number of carbonyl (C=O) groups is 1. The Hall–Kier alpha value is -2.34. The fourth-order valence-corrected chi connectivity index (χ4v) is 2.13. The van der Waals surface area contributed by atoms with Gasteiger partial charge in [-0.2, -0.15) is 0 Å². The average Bonchev–Trinajstić information content (AvgIpc) is 2.41. The maximum Gasteiger partial charge on any atom is 0.244 e. The monoisotopic (exact) mass is 275 g/mol. The van der Waals surface area contributed by atoms with E-state index >= 15 is 0 Å². The van der Waals surface area contributed by atoms with E-state index in [1.807, 2.05) is 24.3 Å². The van der Waals surface area contributed by atoms with Gasteiger partial charge in [-0.15, -0.1) is 0 Å². The molecular formula is C12H10ClN5O. The van der Waals surface area contributed by atoms with Crippen LogP contribution in [-0.2, 0) is 4.79 Å². The van der Waals surface area contributed by atoms with Crippen LogP contribution in [0.1, 0.15) is 0 Å². The van der Waals surface area contributed by atoms with Crippen LogP contribution < -0.4 is 16.0 Å². The Bertz CT molecular complexity index is 660. The van der Waals surface area contributed by atoms with E-state index in [4.69, 9.17) is 17.3 Å². The van der Waals surface area contributed by atoms with E-state index in [0.29, 0.717) is 11.5 Å². The topological polar surface area (TPSA) is 84.1 Å². The van der Waals surface area contributed by atoms with Crippen molar-refractivity contribution < 1.29 is 4.79 Å². The molecule has 1 amide bonds. The highest BCUT2D eigenvalue weighted by Crippen LogP contribution is 2.37. The van der Waals surface area contributed by atoms with Crippen molar-refractivity contribution in [3.8, 4) is 0 Å². The fourth-order valence-electron chi connectivity index (χ4n) is 2.00. The quantitative estimate of drug-likeness (QED) is 0.775. The zero-order chi connectivity index (χ0) is 13.4. The minimum absolute atomic E-state index is 0.132. The Kier molecular flexibility index (Phi) is 2.72. The van der Waals surface area contributed by atoms with Gasteiger partial charge in [0.1, 0.15) is 18.6 Å². The van der Waals surface area contributed by atoms with Gasteiger partial charge < -0.3 is 16.0 Å². The smallest absolute Gasteiger partial charge is 0.244 e. The molecule has 1 aliphatic rings. The first-order chi connectivity index (χ1) is 9.16. The standard InChI is InChI=1S/C12H10ClN5O/c13-11-10(14)12(16-6-15-11)18-5-9(19)17-7-3-1-2-4-8(7)18/h1-4,6H,5,14H2,(H,17,19). The molecule has 7 heteroatoms.